The lowest BCUT2D eigenvalue weighted by Crippen LogP contribution is -2.05. The minimum atomic E-state index is -0.330. The van der Waals surface area contributed by atoms with Crippen LogP contribution in [0.1, 0.15) is 5.56 Å². The Balaban J connectivity index is 3.23. The maximum Gasteiger partial charge on any atom is 0.203 e. The molecule has 0 unspecified atom stereocenters. The van der Waals surface area contributed by atoms with Gasteiger partial charge in [-0.3, -0.25) is 4.79 Å². The first-order valence-corrected chi connectivity index (χ1v) is 2.94. The van der Waals surface area contributed by atoms with Crippen molar-refractivity contribution in [3.8, 4) is 11.9 Å². The molecule has 56 valence electrons. The number of hydrogen-bond acceptors (Lipinski definition) is 3. The van der Waals surface area contributed by atoms with Crippen molar-refractivity contribution < 1.29 is 4.74 Å². The smallest absolute Gasteiger partial charge is 0.203 e. The van der Waals surface area contributed by atoms with Crippen LogP contribution in [0.5, 0.6) is 5.88 Å². The fraction of sp³-hybridized carbons (Fsp3) is 0.143. The summed E-state index contributed by atoms with van der Waals surface area (Å²) in [5.41, 5.74) is -0.242. The topological polar surface area (TPSA) is 65.9 Å². The molecule has 11 heavy (non-hydrogen) atoms. The molecule has 1 aromatic heterocycles. The SMILES string of the molecule is COc1cc(=O)c(C#N)c[nH]1. The van der Waals surface area contributed by atoms with Gasteiger partial charge in [0.1, 0.15) is 11.6 Å². The van der Waals surface area contributed by atoms with E-state index in [-0.39, 0.29) is 11.0 Å². The first-order chi connectivity index (χ1) is 5.27. The summed E-state index contributed by atoms with van der Waals surface area (Å²) in [6.07, 6.45) is 1.32. The third-order valence-corrected chi connectivity index (χ3v) is 1.23. The molecule has 0 saturated heterocycles. The van der Waals surface area contributed by atoms with Crippen molar-refractivity contribution in [3.63, 3.8) is 0 Å². The van der Waals surface area contributed by atoms with E-state index in [1.807, 2.05) is 0 Å². The maximum absolute atomic E-state index is 10.9. The Hall–Kier alpha value is -1.76. The minimum absolute atomic E-state index is 0.0887. The van der Waals surface area contributed by atoms with Crippen molar-refractivity contribution in [2.75, 3.05) is 7.11 Å². The monoisotopic (exact) mass is 150 g/mol. The normalized spacial score (nSPS) is 8.73. The van der Waals surface area contributed by atoms with E-state index in [0.29, 0.717) is 5.88 Å². The van der Waals surface area contributed by atoms with Gasteiger partial charge in [-0.1, -0.05) is 0 Å². The Kier molecular flexibility index (Phi) is 1.93. The molecule has 4 nitrogen and oxygen atoms in total. The van der Waals surface area contributed by atoms with Crippen LogP contribution in [0.3, 0.4) is 0 Å². The van der Waals surface area contributed by atoms with E-state index in [1.165, 1.54) is 19.4 Å². The highest BCUT2D eigenvalue weighted by Gasteiger charge is 1.97. The van der Waals surface area contributed by atoms with Crippen molar-refractivity contribution in [2.45, 2.75) is 0 Å². The van der Waals surface area contributed by atoms with Crippen LogP contribution < -0.4 is 10.2 Å². The predicted molar refractivity (Wildman–Crippen MR) is 38.3 cm³/mol. The van der Waals surface area contributed by atoms with Crippen molar-refractivity contribution in [1.82, 2.24) is 4.98 Å². The highest BCUT2D eigenvalue weighted by molar-refractivity contribution is 5.28. The van der Waals surface area contributed by atoms with Gasteiger partial charge in [-0.2, -0.15) is 5.26 Å². The van der Waals surface area contributed by atoms with E-state index in [4.69, 9.17) is 10.00 Å². The average Bonchev–Trinajstić information content (AvgIpc) is 2.04. The van der Waals surface area contributed by atoms with E-state index in [2.05, 4.69) is 4.98 Å². The first-order valence-electron chi connectivity index (χ1n) is 2.94. The van der Waals surface area contributed by atoms with Crippen LogP contribution in [0, 0.1) is 11.3 Å². The summed E-state index contributed by atoms with van der Waals surface area (Å²) >= 11 is 0. The second-order valence-electron chi connectivity index (χ2n) is 1.89. The summed E-state index contributed by atoms with van der Waals surface area (Å²) in [6, 6.07) is 2.98. The lowest BCUT2D eigenvalue weighted by atomic mass is 10.3. The van der Waals surface area contributed by atoms with Crippen molar-refractivity contribution in [1.29, 1.82) is 5.26 Å². The van der Waals surface area contributed by atoms with Crippen molar-refractivity contribution in [2.24, 2.45) is 0 Å². The zero-order valence-corrected chi connectivity index (χ0v) is 5.92. The molecule has 0 spiro atoms. The molecule has 1 rings (SSSR count). The van der Waals surface area contributed by atoms with Crippen LogP contribution in [0.2, 0.25) is 0 Å². The van der Waals surface area contributed by atoms with Crippen LogP contribution in [0.15, 0.2) is 17.1 Å². The van der Waals surface area contributed by atoms with Gasteiger partial charge in [0.2, 0.25) is 5.43 Å². The zero-order valence-electron chi connectivity index (χ0n) is 5.92. The van der Waals surface area contributed by atoms with E-state index in [9.17, 15) is 4.79 Å². The van der Waals surface area contributed by atoms with Gasteiger partial charge in [-0.25, -0.2) is 0 Å². The Labute approximate surface area is 63.0 Å². The second kappa shape index (κ2) is 2.88. The quantitative estimate of drug-likeness (QED) is 0.624. The fourth-order valence-electron chi connectivity index (χ4n) is 0.658. The highest BCUT2D eigenvalue weighted by atomic mass is 16.5. The molecular formula is C7H6N2O2. The summed E-state index contributed by atoms with van der Waals surface area (Å²) in [5.74, 6) is 0.356. The molecule has 4 heteroatoms. The molecule has 1 aromatic rings. The molecule has 0 aliphatic rings. The summed E-state index contributed by atoms with van der Waals surface area (Å²) in [7, 11) is 1.44. The number of rotatable bonds is 1. The minimum Gasteiger partial charge on any atom is -0.482 e. The van der Waals surface area contributed by atoms with Gasteiger partial charge >= 0.3 is 0 Å². The van der Waals surface area contributed by atoms with Crippen molar-refractivity contribution in [3.05, 3.63) is 28.0 Å². The zero-order chi connectivity index (χ0) is 8.27. The number of aromatic nitrogens is 1. The van der Waals surface area contributed by atoms with Gasteiger partial charge < -0.3 is 9.72 Å². The third-order valence-electron chi connectivity index (χ3n) is 1.23. The third kappa shape index (κ3) is 1.38. The summed E-state index contributed by atoms with van der Waals surface area (Å²) in [6.45, 7) is 0. The molecule has 0 radical (unpaired) electrons. The summed E-state index contributed by atoms with van der Waals surface area (Å²) < 4.78 is 4.73. The van der Waals surface area contributed by atoms with E-state index in [1.54, 1.807) is 6.07 Å². The molecule has 0 aromatic carbocycles. The number of nitriles is 1. The van der Waals surface area contributed by atoms with Crippen LogP contribution in [-0.2, 0) is 0 Å². The van der Waals surface area contributed by atoms with Gasteiger partial charge in [-0.15, -0.1) is 0 Å². The molecule has 0 aliphatic heterocycles. The summed E-state index contributed by atoms with van der Waals surface area (Å²) in [4.78, 5) is 13.5. The molecular weight excluding hydrogens is 144 g/mol. The Morgan fingerprint density at radius 3 is 2.91 bits per heavy atom. The number of ether oxygens (including phenoxy) is 1. The Bertz CT molecular complexity index is 348. The van der Waals surface area contributed by atoms with Crippen LogP contribution in [-0.4, -0.2) is 12.1 Å². The second-order valence-corrected chi connectivity index (χ2v) is 1.89. The van der Waals surface area contributed by atoms with Gasteiger partial charge in [0.25, 0.3) is 0 Å². The molecule has 0 saturated carbocycles. The van der Waals surface area contributed by atoms with Crippen LogP contribution in [0.25, 0.3) is 0 Å². The Morgan fingerprint density at radius 2 is 2.45 bits per heavy atom. The molecule has 0 fully saturated rings. The maximum atomic E-state index is 10.9. The molecule has 0 atom stereocenters. The number of nitrogens with one attached hydrogen (secondary N) is 1. The van der Waals surface area contributed by atoms with E-state index >= 15 is 0 Å². The molecule has 1 N–H and O–H groups in total. The average molecular weight is 150 g/mol. The first kappa shape index (κ1) is 7.35. The summed E-state index contributed by atoms with van der Waals surface area (Å²) in [5, 5.41) is 8.37. The Morgan fingerprint density at radius 1 is 1.73 bits per heavy atom. The lowest BCUT2D eigenvalue weighted by molar-refractivity contribution is 0.397. The molecule has 1 heterocycles. The number of nitrogens with zero attached hydrogens (tertiary/aromatic N) is 1. The number of hydrogen-bond donors (Lipinski definition) is 1. The van der Waals surface area contributed by atoms with Crippen LogP contribution in [0.4, 0.5) is 0 Å². The molecule has 0 amide bonds. The standard InChI is InChI=1S/C7H6N2O2/c1-11-7-2-6(10)5(3-8)4-9-7/h2,4H,1H3,(H,9,10). The van der Waals surface area contributed by atoms with Gasteiger partial charge in [0, 0.05) is 12.3 Å². The van der Waals surface area contributed by atoms with Gasteiger partial charge in [-0.05, 0) is 0 Å². The number of H-pyrrole nitrogens is 1. The largest absolute Gasteiger partial charge is 0.482 e. The van der Waals surface area contributed by atoms with Crippen molar-refractivity contribution >= 4 is 0 Å². The number of methoxy groups -OCH3 is 1. The van der Waals surface area contributed by atoms with E-state index in [0.717, 1.165) is 0 Å². The predicted octanol–water partition coefficient (Wildman–Crippen LogP) is 0.255. The van der Waals surface area contributed by atoms with Gasteiger partial charge in [0.05, 0.1) is 7.11 Å². The number of pyridine rings is 1. The van der Waals surface area contributed by atoms with Crippen LogP contribution >= 0.6 is 0 Å². The molecule has 0 aliphatic carbocycles. The fourth-order valence-corrected chi connectivity index (χ4v) is 0.658. The number of aromatic amines is 1. The highest BCUT2D eigenvalue weighted by Crippen LogP contribution is 1.99. The lowest BCUT2D eigenvalue weighted by Gasteiger charge is -1.96. The van der Waals surface area contributed by atoms with Gasteiger partial charge in [0.15, 0.2) is 5.88 Å². The molecule has 0 bridgehead atoms. The van der Waals surface area contributed by atoms with E-state index < -0.39 is 0 Å².